The van der Waals surface area contributed by atoms with Crippen molar-refractivity contribution in [3.8, 4) is 0 Å². The van der Waals surface area contributed by atoms with Crippen molar-refractivity contribution in [1.29, 1.82) is 0 Å². The van der Waals surface area contributed by atoms with Crippen LogP contribution in [0.1, 0.15) is 0 Å². The Morgan fingerprint density at radius 2 is 1.26 bits per heavy atom. The molecule has 0 aromatic heterocycles. The predicted molar refractivity (Wildman–Crippen MR) is 101 cm³/mol. The van der Waals surface area contributed by atoms with E-state index in [4.69, 9.17) is 28.8 Å². The standard InChI is InChI=1S/C18H32O16/c19-1-6-10(23)14(27)17(29,32-6)5-30-3-8-9(22)12(25)13(26)16(31-8)34-18(4-21)15(28)11(24)7(2-20)33-18/h6-16,19-29H,1-5H2/t6-,7-,8+,9+,10-,11-,12+,13+,14-,15-,16?,17+,18-/m0/s1. The van der Waals surface area contributed by atoms with Crippen LogP contribution < -0.4 is 0 Å². The van der Waals surface area contributed by atoms with E-state index in [2.05, 4.69) is 0 Å². The van der Waals surface area contributed by atoms with Crippen molar-refractivity contribution < 1.29 is 79.9 Å². The fourth-order valence-electron chi connectivity index (χ4n) is 4.08. The fourth-order valence-corrected chi connectivity index (χ4v) is 4.08. The molecule has 3 heterocycles. The van der Waals surface area contributed by atoms with Gasteiger partial charge in [0.2, 0.25) is 11.6 Å². The van der Waals surface area contributed by atoms with Crippen LogP contribution in [0.15, 0.2) is 0 Å². The Balaban J connectivity index is 1.65. The molecule has 0 spiro atoms. The predicted octanol–water partition coefficient (Wildman–Crippen LogP) is -7.57. The minimum Gasteiger partial charge on any atom is -0.394 e. The van der Waals surface area contributed by atoms with Crippen molar-refractivity contribution in [3.63, 3.8) is 0 Å². The van der Waals surface area contributed by atoms with Gasteiger partial charge in [-0.3, -0.25) is 0 Å². The molecule has 3 aliphatic rings. The first-order chi connectivity index (χ1) is 15.9. The first-order valence-electron chi connectivity index (χ1n) is 10.5. The maximum absolute atomic E-state index is 10.3. The molecular formula is C18H32O16. The molecule has 34 heavy (non-hydrogen) atoms. The smallest absolute Gasteiger partial charge is 0.224 e. The number of hydrogen-bond donors (Lipinski definition) is 11. The van der Waals surface area contributed by atoms with Crippen LogP contribution in [-0.4, -0.2) is 168 Å². The second kappa shape index (κ2) is 10.8. The molecule has 16 nitrogen and oxygen atoms in total. The van der Waals surface area contributed by atoms with Gasteiger partial charge in [0.05, 0.1) is 19.8 Å². The summed E-state index contributed by atoms with van der Waals surface area (Å²) < 4.78 is 26.2. The van der Waals surface area contributed by atoms with Gasteiger partial charge < -0.3 is 79.9 Å². The maximum Gasteiger partial charge on any atom is 0.224 e. The first-order valence-corrected chi connectivity index (χ1v) is 10.5. The molecule has 0 radical (unpaired) electrons. The number of aliphatic hydroxyl groups is 11. The van der Waals surface area contributed by atoms with E-state index in [0.717, 1.165) is 0 Å². The molecule has 3 aliphatic heterocycles. The van der Waals surface area contributed by atoms with E-state index >= 15 is 0 Å². The summed E-state index contributed by atoms with van der Waals surface area (Å²) >= 11 is 0. The van der Waals surface area contributed by atoms with Gasteiger partial charge in [0.25, 0.3) is 0 Å². The van der Waals surface area contributed by atoms with E-state index in [0.29, 0.717) is 0 Å². The molecule has 11 N–H and O–H groups in total. The van der Waals surface area contributed by atoms with Crippen LogP contribution in [0.25, 0.3) is 0 Å². The van der Waals surface area contributed by atoms with Gasteiger partial charge in [0.1, 0.15) is 74.3 Å². The highest BCUT2D eigenvalue weighted by atomic mass is 16.8. The Hall–Kier alpha value is -0.640. The lowest BCUT2D eigenvalue weighted by Crippen LogP contribution is -2.63. The van der Waals surface area contributed by atoms with E-state index in [-0.39, 0.29) is 0 Å². The third-order valence-electron chi connectivity index (χ3n) is 6.18. The van der Waals surface area contributed by atoms with Gasteiger partial charge >= 0.3 is 0 Å². The molecule has 0 saturated carbocycles. The van der Waals surface area contributed by atoms with Crippen molar-refractivity contribution >= 4 is 0 Å². The Kier molecular flexibility index (Phi) is 8.85. The summed E-state index contributed by atoms with van der Waals surface area (Å²) in [7, 11) is 0. The van der Waals surface area contributed by atoms with E-state index in [1.54, 1.807) is 0 Å². The van der Waals surface area contributed by atoms with Gasteiger partial charge in [-0.25, -0.2) is 0 Å². The largest absolute Gasteiger partial charge is 0.394 e. The minimum atomic E-state index is -2.40. The fraction of sp³-hybridized carbons (Fsp3) is 1.00. The van der Waals surface area contributed by atoms with Gasteiger partial charge in [-0.05, 0) is 0 Å². The van der Waals surface area contributed by atoms with Gasteiger partial charge in [0, 0.05) is 0 Å². The summed E-state index contributed by atoms with van der Waals surface area (Å²) in [6, 6.07) is 0. The summed E-state index contributed by atoms with van der Waals surface area (Å²) in [5.41, 5.74) is 0. The number of rotatable bonds is 9. The van der Waals surface area contributed by atoms with Gasteiger partial charge in [-0.1, -0.05) is 0 Å². The summed E-state index contributed by atoms with van der Waals surface area (Å²) in [6.45, 7) is -3.82. The average molecular weight is 504 g/mol. The highest BCUT2D eigenvalue weighted by Crippen LogP contribution is 2.36. The second-order valence-electron chi connectivity index (χ2n) is 8.51. The molecule has 200 valence electrons. The van der Waals surface area contributed by atoms with Crippen molar-refractivity contribution in [2.75, 3.05) is 33.0 Å². The molecule has 1 unspecified atom stereocenters. The molecule has 0 aliphatic carbocycles. The van der Waals surface area contributed by atoms with Gasteiger partial charge in [-0.2, -0.15) is 0 Å². The summed E-state index contributed by atoms with van der Waals surface area (Å²) in [5, 5.41) is 109. The highest BCUT2D eigenvalue weighted by molar-refractivity contribution is 4.99. The molecule has 0 bridgehead atoms. The Morgan fingerprint density at radius 3 is 1.79 bits per heavy atom. The molecule has 3 fully saturated rings. The number of hydrogen-bond acceptors (Lipinski definition) is 16. The number of aliphatic hydroxyl groups excluding tert-OH is 10. The zero-order valence-electron chi connectivity index (χ0n) is 17.8. The third-order valence-corrected chi connectivity index (χ3v) is 6.18. The molecular weight excluding hydrogens is 472 g/mol. The van der Waals surface area contributed by atoms with E-state index in [9.17, 15) is 51.1 Å². The maximum atomic E-state index is 10.3. The normalized spacial score (nSPS) is 51.8. The van der Waals surface area contributed by atoms with E-state index in [1.807, 2.05) is 0 Å². The van der Waals surface area contributed by atoms with Crippen LogP contribution >= 0.6 is 0 Å². The van der Waals surface area contributed by atoms with Crippen LogP contribution in [0.3, 0.4) is 0 Å². The molecule has 13 atom stereocenters. The topological polar surface area (TPSA) is 269 Å². The average Bonchev–Trinajstić information content (AvgIpc) is 3.20. The SMILES string of the molecule is OC[C@@H]1O[C@@](CO)(OC2O[C@H](COC[C@@]3(O)O[C@@H](CO)[C@H](O)[C@@H]3O)[C@@H](O)[C@@H](O)[C@H]2O)[C@@H](O)[C@H]1O. The van der Waals surface area contributed by atoms with Crippen molar-refractivity contribution in [1.82, 2.24) is 0 Å². The van der Waals surface area contributed by atoms with Crippen LogP contribution in [0.5, 0.6) is 0 Å². The van der Waals surface area contributed by atoms with Crippen molar-refractivity contribution in [3.05, 3.63) is 0 Å². The van der Waals surface area contributed by atoms with Gasteiger partial charge in [0.15, 0.2) is 6.29 Å². The third kappa shape index (κ3) is 4.96. The quantitative estimate of drug-likeness (QED) is 0.139. The van der Waals surface area contributed by atoms with Crippen LogP contribution in [-0.2, 0) is 23.7 Å². The minimum absolute atomic E-state index is 0.583. The summed E-state index contributed by atoms with van der Waals surface area (Å²) in [5.74, 6) is -4.75. The first kappa shape index (κ1) is 27.9. The highest BCUT2D eigenvalue weighted by Gasteiger charge is 2.58. The van der Waals surface area contributed by atoms with Crippen LogP contribution in [0, 0.1) is 0 Å². The van der Waals surface area contributed by atoms with E-state index in [1.165, 1.54) is 0 Å². The molecule has 3 rings (SSSR count). The van der Waals surface area contributed by atoms with Crippen molar-refractivity contribution in [2.45, 2.75) is 78.9 Å². The lowest BCUT2D eigenvalue weighted by molar-refractivity contribution is -0.385. The molecule has 0 aromatic rings. The Morgan fingerprint density at radius 1 is 0.676 bits per heavy atom. The van der Waals surface area contributed by atoms with Crippen LogP contribution in [0.4, 0.5) is 0 Å². The Bertz CT molecular complexity index is 670. The lowest BCUT2D eigenvalue weighted by atomic mass is 9.98. The van der Waals surface area contributed by atoms with Gasteiger partial charge in [-0.15, -0.1) is 0 Å². The Labute approximate surface area is 192 Å². The molecule has 0 aromatic carbocycles. The monoisotopic (exact) mass is 504 g/mol. The molecule has 3 saturated heterocycles. The van der Waals surface area contributed by atoms with E-state index < -0.39 is 112 Å². The molecule has 0 amide bonds. The number of ether oxygens (including phenoxy) is 5. The summed E-state index contributed by atoms with van der Waals surface area (Å²) in [6.07, 6.45) is -18.4. The second-order valence-corrected chi connectivity index (χ2v) is 8.51. The summed E-state index contributed by atoms with van der Waals surface area (Å²) in [4.78, 5) is 0. The lowest BCUT2D eigenvalue weighted by Gasteiger charge is -2.43. The molecule has 16 heteroatoms. The van der Waals surface area contributed by atoms with Crippen LogP contribution in [0.2, 0.25) is 0 Å². The zero-order chi connectivity index (χ0) is 25.4. The zero-order valence-corrected chi connectivity index (χ0v) is 17.8. The van der Waals surface area contributed by atoms with Crippen molar-refractivity contribution in [2.24, 2.45) is 0 Å².